The van der Waals surface area contributed by atoms with Gasteiger partial charge in [-0.05, 0) is 30.6 Å². The lowest BCUT2D eigenvalue weighted by Gasteiger charge is -2.20. The molecule has 0 nitrogen and oxygen atoms in total. The number of rotatable bonds is 7. The molecule has 2 unspecified atom stereocenters. The van der Waals surface area contributed by atoms with Crippen LogP contribution in [-0.2, 0) is 0 Å². The Balaban J connectivity index is 4.03. The van der Waals surface area contributed by atoms with Gasteiger partial charge in [-0.25, -0.2) is 0 Å². The second-order valence-corrected chi connectivity index (χ2v) is 4.86. The topological polar surface area (TPSA) is 0 Å². The third-order valence-electron chi connectivity index (χ3n) is 3.07. The third kappa shape index (κ3) is 6.23. The Kier molecular flexibility index (Phi) is 7.93. The lowest BCUT2D eigenvalue weighted by molar-refractivity contribution is 0.363. The molecule has 0 aromatic rings. The molecule has 0 aromatic carbocycles. The SMILES string of the molecule is CCC=CC(CCC(C)C)C(C)CC. The van der Waals surface area contributed by atoms with Gasteiger partial charge in [-0.1, -0.05) is 59.6 Å². The van der Waals surface area contributed by atoms with Gasteiger partial charge >= 0.3 is 0 Å². The molecule has 0 aliphatic carbocycles. The second-order valence-electron chi connectivity index (χ2n) is 4.86. The van der Waals surface area contributed by atoms with Gasteiger partial charge in [-0.2, -0.15) is 0 Å². The first kappa shape index (κ1) is 13.7. The normalized spacial score (nSPS) is 16.4. The lowest BCUT2D eigenvalue weighted by Crippen LogP contribution is -2.09. The predicted molar refractivity (Wildman–Crippen MR) is 66.4 cm³/mol. The van der Waals surface area contributed by atoms with Crippen LogP contribution in [-0.4, -0.2) is 0 Å². The smallest absolute Gasteiger partial charge is 0.0208 e. The van der Waals surface area contributed by atoms with Crippen molar-refractivity contribution in [1.29, 1.82) is 0 Å². The summed E-state index contributed by atoms with van der Waals surface area (Å²) < 4.78 is 0. The molecular formula is C14H28. The van der Waals surface area contributed by atoms with Crippen molar-refractivity contribution in [3.63, 3.8) is 0 Å². The van der Waals surface area contributed by atoms with Crippen molar-refractivity contribution in [2.45, 2.75) is 60.3 Å². The molecule has 0 heterocycles. The molecule has 0 saturated heterocycles. The van der Waals surface area contributed by atoms with Crippen molar-refractivity contribution in [1.82, 2.24) is 0 Å². The maximum atomic E-state index is 2.44. The van der Waals surface area contributed by atoms with Crippen LogP contribution in [0.25, 0.3) is 0 Å². The van der Waals surface area contributed by atoms with Crippen molar-refractivity contribution < 1.29 is 0 Å². The first-order chi connectivity index (χ1) is 6.61. The maximum Gasteiger partial charge on any atom is -0.0208 e. The molecule has 84 valence electrons. The lowest BCUT2D eigenvalue weighted by atomic mass is 9.85. The Morgan fingerprint density at radius 2 is 1.64 bits per heavy atom. The highest BCUT2D eigenvalue weighted by molar-refractivity contribution is 4.89. The molecule has 0 aliphatic heterocycles. The zero-order chi connectivity index (χ0) is 11.0. The number of hydrogen-bond donors (Lipinski definition) is 0. The summed E-state index contributed by atoms with van der Waals surface area (Å²) in [5.74, 6) is 2.50. The highest BCUT2D eigenvalue weighted by Gasteiger charge is 2.12. The summed E-state index contributed by atoms with van der Waals surface area (Å²) in [6, 6.07) is 0. The van der Waals surface area contributed by atoms with Crippen LogP contribution in [0.1, 0.15) is 60.3 Å². The number of hydrogen-bond acceptors (Lipinski definition) is 0. The minimum absolute atomic E-state index is 0.808. The van der Waals surface area contributed by atoms with Gasteiger partial charge in [0.15, 0.2) is 0 Å². The summed E-state index contributed by atoms with van der Waals surface area (Å²) in [5, 5.41) is 0. The van der Waals surface area contributed by atoms with Crippen molar-refractivity contribution in [2.24, 2.45) is 17.8 Å². The van der Waals surface area contributed by atoms with Crippen molar-refractivity contribution in [2.75, 3.05) is 0 Å². The second kappa shape index (κ2) is 8.08. The monoisotopic (exact) mass is 196 g/mol. The van der Waals surface area contributed by atoms with Gasteiger partial charge in [-0.3, -0.25) is 0 Å². The number of allylic oxidation sites excluding steroid dienone is 2. The molecule has 0 aliphatic rings. The molecule has 0 rings (SSSR count). The Labute approximate surface area is 90.8 Å². The van der Waals surface area contributed by atoms with Gasteiger partial charge in [0.25, 0.3) is 0 Å². The average molecular weight is 196 g/mol. The van der Waals surface area contributed by atoms with E-state index in [1.807, 2.05) is 0 Å². The van der Waals surface area contributed by atoms with E-state index in [1.165, 1.54) is 25.7 Å². The minimum Gasteiger partial charge on any atom is -0.0885 e. The molecule has 0 aromatic heterocycles. The van der Waals surface area contributed by atoms with Crippen LogP contribution < -0.4 is 0 Å². The van der Waals surface area contributed by atoms with Gasteiger partial charge in [-0.15, -0.1) is 0 Å². The molecule has 0 radical (unpaired) electrons. The fourth-order valence-electron chi connectivity index (χ4n) is 1.71. The summed E-state index contributed by atoms with van der Waals surface area (Å²) in [5.41, 5.74) is 0. The van der Waals surface area contributed by atoms with Crippen molar-refractivity contribution in [3.05, 3.63) is 12.2 Å². The molecule has 0 N–H and O–H groups in total. The first-order valence-electron chi connectivity index (χ1n) is 6.28. The highest BCUT2D eigenvalue weighted by atomic mass is 14.2. The Bertz CT molecular complexity index is 144. The van der Waals surface area contributed by atoms with E-state index in [2.05, 4.69) is 46.8 Å². The molecule has 0 saturated carbocycles. The van der Waals surface area contributed by atoms with E-state index in [1.54, 1.807) is 0 Å². The van der Waals surface area contributed by atoms with E-state index in [0.29, 0.717) is 0 Å². The molecule has 0 bridgehead atoms. The quantitative estimate of drug-likeness (QED) is 0.500. The fraction of sp³-hybridized carbons (Fsp3) is 0.857. The Morgan fingerprint density at radius 3 is 2.07 bits per heavy atom. The van der Waals surface area contributed by atoms with E-state index < -0.39 is 0 Å². The van der Waals surface area contributed by atoms with E-state index in [9.17, 15) is 0 Å². The van der Waals surface area contributed by atoms with Crippen LogP contribution in [0.4, 0.5) is 0 Å². The zero-order valence-electron chi connectivity index (χ0n) is 10.7. The van der Waals surface area contributed by atoms with E-state index in [4.69, 9.17) is 0 Å². The minimum atomic E-state index is 0.808. The molecule has 0 fully saturated rings. The van der Waals surface area contributed by atoms with Gasteiger partial charge in [0.2, 0.25) is 0 Å². The van der Waals surface area contributed by atoms with Gasteiger partial charge in [0.1, 0.15) is 0 Å². The van der Waals surface area contributed by atoms with Gasteiger partial charge in [0, 0.05) is 0 Å². The van der Waals surface area contributed by atoms with Crippen molar-refractivity contribution >= 4 is 0 Å². The fourth-order valence-corrected chi connectivity index (χ4v) is 1.71. The van der Waals surface area contributed by atoms with E-state index >= 15 is 0 Å². The summed E-state index contributed by atoms with van der Waals surface area (Å²) in [4.78, 5) is 0. The third-order valence-corrected chi connectivity index (χ3v) is 3.07. The van der Waals surface area contributed by atoms with Crippen molar-refractivity contribution in [3.8, 4) is 0 Å². The summed E-state index contributed by atoms with van der Waals surface area (Å²) in [6.45, 7) is 11.5. The van der Waals surface area contributed by atoms with Crippen LogP contribution in [0.3, 0.4) is 0 Å². The summed E-state index contributed by atoms with van der Waals surface area (Å²) in [6.07, 6.45) is 9.98. The zero-order valence-corrected chi connectivity index (χ0v) is 10.7. The standard InChI is InChI=1S/C14H28/c1-6-8-9-14(13(5)7-2)11-10-12(3)4/h8-9,12-14H,6-7,10-11H2,1-5H3. The van der Waals surface area contributed by atoms with Gasteiger partial charge < -0.3 is 0 Å². The molecule has 14 heavy (non-hydrogen) atoms. The highest BCUT2D eigenvalue weighted by Crippen LogP contribution is 2.24. The van der Waals surface area contributed by atoms with Crippen LogP contribution >= 0.6 is 0 Å². The molecule has 0 heteroatoms. The van der Waals surface area contributed by atoms with Crippen LogP contribution in [0.5, 0.6) is 0 Å². The molecule has 2 atom stereocenters. The van der Waals surface area contributed by atoms with E-state index in [-0.39, 0.29) is 0 Å². The van der Waals surface area contributed by atoms with Crippen LogP contribution in [0, 0.1) is 17.8 Å². The van der Waals surface area contributed by atoms with Crippen LogP contribution in [0.15, 0.2) is 12.2 Å². The Morgan fingerprint density at radius 1 is 1.00 bits per heavy atom. The van der Waals surface area contributed by atoms with Gasteiger partial charge in [0.05, 0.1) is 0 Å². The largest absolute Gasteiger partial charge is 0.0885 e. The molecule has 0 amide bonds. The summed E-state index contributed by atoms with van der Waals surface area (Å²) in [7, 11) is 0. The van der Waals surface area contributed by atoms with Crippen LogP contribution in [0.2, 0.25) is 0 Å². The summed E-state index contributed by atoms with van der Waals surface area (Å²) >= 11 is 0. The van der Waals surface area contributed by atoms with E-state index in [0.717, 1.165) is 17.8 Å². The molecule has 0 spiro atoms. The average Bonchev–Trinajstić information content (AvgIpc) is 2.16. The molecular weight excluding hydrogens is 168 g/mol. The first-order valence-corrected chi connectivity index (χ1v) is 6.28. The predicted octanol–water partition coefficient (Wildman–Crippen LogP) is 5.05. The maximum absolute atomic E-state index is 2.44. The Hall–Kier alpha value is -0.260.